The molecular weight excluding hydrogens is 343 g/mol. The van der Waals surface area contributed by atoms with Gasteiger partial charge < -0.3 is 4.74 Å². The van der Waals surface area contributed by atoms with Gasteiger partial charge in [-0.1, -0.05) is 11.8 Å². The van der Waals surface area contributed by atoms with Crippen LogP contribution in [0.25, 0.3) is 11.3 Å². The van der Waals surface area contributed by atoms with E-state index in [0.717, 1.165) is 24.9 Å². The second kappa shape index (κ2) is 7.31. The number of hydrogen-bond acceptors (Lipinski definition) is 6. The van der Waals surface area contributed by atoms with Gasteiger partial charge in [0.25, 0.3) is 0 Å². The standard InChI is InChI=1S/C15H10F3N3O2S/c1-23-13(22)8-24-14-10(7-19)11(15(16,17)18)6-12(21-14)9-2-4-20-5-3-9/h2-6H,8H2,1H3. The molecule has 0 atom stereocenters. The van der Waals surface area contributed by atoms with Gasteiger partial charge in [-0.2, -0.15) is 18.4 Å². The first-order valence-electron chi connectivity index (χ1n) is 6.49. The largest absolute Gasteiger partial charge is 0.468 e. The number of methoxy groups -OCH3 is 1. The van der Waals surface area contributed by atoms with Crippen LogP contribution in [0.1, 0.15) is 11.1 Å². The molecule has 2 aromatic rings. The van der Waals surface area contributed by atoms with Crippen molar-refractivity contribution in [2.75, 3.05) is 12.9 Å². The Kier molecular flexibility index (Phi) is 5.41. The Bertz CT molecular complexity index is 789. The third kappa shape index (κ3) is 4.02. The molecule has 2 aromatic heterocycles. The van der Waals surface area contributed by atoms with Crippen molar-refractivity contribution in [3.8, 4) is 17.3 Å². The minimum absolute atomic E-state index is 0.0380. The third-order valence-electron chi connectivity index (χ3n) is 2.93. The summed E-state index contributed by atoms with van der Waals surface area (Å²) in [5.74, 6) is -0.886. The zero-order valence-corrected chi connectivity index (χ0v) is 13.1. The first-order chi connectivity index (χ1) is 11.4. The van der Waals surface area contributed by atoms with Gasteiger partial charge in [0.2, 0.25) is 0 Å². The lowest BCUT2D eigenvalue weighted by Crippen LogP contribution is -2.11. The molecule has 0 saturated heterocycles. The molecule has 5 nitrogen and oxygen atoms in total. The molecule has 0 N–H and O–H groups in total. The lowest BCUT2D eigenvalue weighted by molar-refractivity contribution is -0.138. The summed E-state index contributed by atoms with van der Waals surface area (Å²) in [6, 6.07) is 5.35. The highest BCUT2D eigenvalue weighted by molar-refractivity contribution is 7.99. The van der Waals surface area contributed by atoms with E-state index in [0.29, 0.717) is 5.56 Å². The molecule has 0 unspecified atom stereocenters. The molecule has 0 aliphatic rings. The highest BCUT2D eigenvalue weighted by Gasteiger charge is 2.36. The molecule has 0 radical (unpaired) electrons. The number of hydrogen-bond donors (Lipinski definition) is 0. The molecule has 0 amide bonds. The van der Waals surface area contributed by atoms with Crippen molar-refractivity contribution in [3.63, 3.8) is 0 Å². The maximum atomic E-state index is 13.3. The minimum Gasteiger partial charge on any atom is -0.468 e. The molecule has 0 fully saturated rings. The monoisotopic (exact) mass is 353 g/mol. The molecular formula is C15H10F3N3O2S. The van der Waals surface area contributed by atoms with Crippen molar-refractivity contribution in [2.24, 2.45) is 0 Å². The number of carbonyl (C=O) groups excluding carboxylic acids is 1. The topological polar surface area (TPSA) is 75.9 Å². The highest BCUT2D eigenvalue weighted by atomic mass is 32.2. The van der Waals surface area contributed by atoms with Crippen molar-refractivity contribution >= 4 is 17.7 Å². The summed E-state index contributed by atoms with van der Waals surface area (Å²) in [4.78, 5) is 19.1. The van der Waals surface area contributed by atoms with Crippen LogP contribution < -0.4 is 0 Å². The lowest BCUT2D eigenvalue weighted by atomic mass is 10.1. The maximum Gasteiger partial charge on any atom is 0.417 e. The lowest BCUT2D eigenvalue weighted by Gasteiger charge is -2.14. The molecule has 124 valence electrons. The third-order valence-corrected chi connectivity index (χ3v) is 3.88. The number of carbonyl (C=O) groups is 1. The zero-order valence-electron chi connectivity index (χ0n) is 12.3. The first kappa shape index (κ1) is 17.7. The van der Waals surface area contributed by atoms with Crippen LogP contribution in [0.15, 0.2) is 35.6 Å². The average molecular weight is 353 g/mol. The van der Waals surface area contributed by atoms with Gasteiger partial charge in [0.05, 0.1) is 29.7 Å². The SMILES string of the molecule is COC(=O)CSc1nc(-c2ccncc2)cc(C(F)(F)F)c1C#N. The van der Waals surface area contributed by atoms with Crippen molar-refractivity contribution in [2.45, 2.75) is 11.2 Å². The van der Waals surface area contributed by atoms with Crippen molar-refractivity contribution in [1.29, 1.82) is 5.26 Å². The molecule has 0 aromatic carbocycles. The number of pyridine rings is 2. The summed E-state index contributed by atoms with van der Waals surface area (Å²) in [6.07, 6.45) is -1.89. The average Bonchev–Trinajstić information content (AvgIpc) is 2.58. The number of nitrogens with zero attached hydrogens (tertiary/aromatic N) is 3. The van der Waals surface area contributed by atoms with E-state index < -0.39 is 23.3 Å². The van der Waals surface area contributed by atoms with Crippen LogP contribution in [-0.4, -0.2) is 28.8 Å². The fraction of sp³-hybridized carbons (Fsp3) is 0.200. The van der Waals surface area contributed by atoms with Gasteiger partial charge in [0, 0.05) is 18.0 Å². The Morgan fingerprint density at radius 3 is 2.58 bits per heavy atom. The summed E-state index contributed by atoms with van der Waals surface area (Å²) in [7, 11) is 1.16. The van der Waals surface area contributed by atoms with E-state index in [4.69, 9.17) is 5.26 Å². The number of halogens is 3. The van der Waals surface area contributed by atoms with E-state index in [1.54, 1.807) is 0 Å². The first-order valence-corrected chi connectivity index (χ1v) is 7.47. The van der Waals surface area contributed by atoms with Gasteiger partial charge in [-0.15, -0.1) is 0 Å². The number of esters is 1. The second-order valence-corrected chi connectivity index (χ2v) is 5.41. The highest BCUT2D eigenvalue weighted by Crippen LogP contribution is 2.37. The van der Waals surface area contributed by atoms with Crippen molar-refractivity contribution < 1.29 is 22.7 Å². The predicted molar refractivity (Wildman–Crippen MR) is 79.9 cm³/mol. The number of rotatable bonds is 4. The number of aromatic nitrogens is 2. The smallest absolute Gasteiger partial charge is 0.417 e. The Morgan fingerprint density at radius 2 is 2.04 bits per heavy atom. The fourth-order valence-electron chi connectivity index (χ4n) is 1.81. The van der Waals surface area contributed by atoms with Gasteiger partial charge in [-0.05, 0) is 18.2 Å². The maximum absolute atomic E-state index is 13.3. The predicted octanol–water partition coefficient (Wildman–Crippen LogP) is 3.30. The van der Waals surface area contributed by atoms with Crippen LogP contribution in [0.5, 0.6) is 0 Å². The van der Waals surface area contributed by atoms with Gasteiger partial charge in [0.1, 0.15) is 11.1 Å². The fourth-order valence-corrected chi connectivity index (χ4v) is 2.65. The molecule has 0 aliphatic carbocycles. The summed E-state index contributed by atoms with van der Waals surface area (Å²) < 4.78 is 44.3. The van der Waals surface area contributed by atoms with E-state index in [1.165, 1.54) is 30.6 Å². The van der Waals surface area contributed by atoms with Crippen LogP contribution >= 0.6 is 11.8 Å². The van der Waals surface area contributed by atoms with Crippen molar-refractivity contribution in [1.82, 2.24) is 9.97 Å². The molecule has 2 rings (SSSR count). The molecule has 24 heavy (non-hydrogen) atoms. The zero-order chi connectivity index (χ0) is 17.7. The summed E-state index contributed by atoms with van der Waals surface area (Å²) in [6.45, 7) is 0. The Hall–Kier alpha value is -2.60. The number of nitriles is 1. The van der Waals surface area contributed by atoms with Gasteiger partial charge in [0.15, 0.2) is 0 Å². The summed E-state index contributed by atoms with van der Waals surface area (Å²) in [5.41, 5.74) is -1.26. The summed E-state index contributed by atoms with van der Waals surface area (Å²) >= 11 is 0.720. The van der Waals surface area contributed by atoms with E-state index in [-0.39, 0.29) is 16.5 Å². The second-order valence-electron chi connectivity index (χ2n) is 4.45. The van der Waals surface area contributed by atoms with Crippen LogP contribution in [0.4, 0.5) is 13.2 Å². The van der Waals surface area contributed by atoms with E-state index in [9.17, 15) is 18.0 Å². The van der Waals surface area contributed by atoms with Gasteiger partial charge >= 0.3 is 12.1 Å². The number of alkyl halides is 3. The minimum atomic E-state index is -4.73. The quantitative estimate of drug-likeness (QED) is 0.620. The van der Waals surface area contributed by atoms with E-state index >= 15 is 0 Å². The number of ether oxygens (including phenoxy) is 1. The van der Waals surface area contributed by atoms with Crippen LogP contribution in [0, 0.1) is 11.3 Å². The molecule has 0 spiro atoms. The summed E-state index contributed by atoms with van der Waals surface area (Å²) in [5, 5.41) is 8.94. The van der Waals surface area contributed by atoms with Crippen molar-refractivity contribution in [3.05, 3.63) is 41.7 Å². The molecule has 9 heteroatoms. The molecule has 2 heterocycles. The number of thioether (sulfide) groups is 1. The molecule has 0 aliphatic heterocycles. The van der Waals surface area contributed by atoms with Crippen LogP contribution in [-0.2, 0) is 15.7 Å². The van der Waals surface area contributed by atoms with Gasteiger partial charge in [-0.3, -0.25) is 9.78 Å². The Balaban J connectivity index is 2.59. The Morgan fingerprint density at radius 1 is 1.38 bits per heavy atom. The van der Waals surface area contributed by atoms with E-state index in [1.807, 2.05) is 0 Å². The molecule has 0 saturated carbocycles. The van der Waals surface area contributed by atoms with Gasteiger partial charge in [-0.25, -0.2) is 4.98 Å². The van der Waals surface area contributed by atoms with E-state index in [2.05, 4.69) is 14.7 Å². The molecule has 0 bridgehead atoms. The Labute approximate surface area is 139 Å². The van der Waals surface area contributed by atoms with Crippen LogP contribution in [0.2, 0.25) is 0 Å². The normalized spacial score (nSPS) is 11.0. The van der Waals surface area contributed by atoms with Crippen LogP contribution in [0.3, 0.4) is 0 Å².